The topological polar surface area (TPSA) is 167 Å². The molecule has 13 heteroatoms. The summed E-state index contributed by atoms with van der Waals surface area (Å²) in [6.45, 7) is 12.4. The molecule has 2 saturated carbocycles. The standard InChI is InChI=1S/C55H76O13/c1-9-11-12-14-39-16-18-40(19-17-39)20-21-41-22-24-43(25-23-41)44-26-28-45(29-27-44)47-31-46(15-13-30-64-49(56)37(3)4)48(32-42(47)10-2)65-33-55(34-66-50(57)38(5)6,35-67-53(60)51(58)62-7)36-68-54(61)52(59)63-8/h26-29,31-32,39-41,43H,3,5,9-25,30,33-36H2,1-2,4,6-8H3. The van der Waals surface area contributed by atoms with E-state index in [2.05, 4.69) is 53.8 Å². The van der Waals surface area contributed by atoms with Crippen molar-refractivity contribution in [1.29, 1.82) is 0 Å². The van der Waals surface area contributed by atoms with E-state index in [0.29, 0.717) is 30.9 Å². The summed E-state index contributed by atoms with van der Waals surface area (Å²) in [5.74, 6) is -2.97. The van der Waals surface area contributed by atoms with E-state index < -0.39 is 67.7 Å². The van der Waals surface area contributed by atoms with Crippen LogP contribution in [0.3, 0.4) is 0 Å². The predicted molar refractivity (Wildman–Crippen MR) is 259 cm³/mol. The number of hydrogen-bond donors (Lipinski definition) is 0. The highest BCUT2D eigenvalue weighted by Gasteiger charge is 2.39. The Bertz CT molecular complexity index is 1990. The van der Waals surface area contributed by atoms with Gasteiger partial charge in [0, 0.05) is 11.1 Å². The Morgan fingerprint density at radius 3 is 1.57 bits per heavy atom. The number of unbranched alkanes of at least 4 members (excludes halogenated alkanes) is 2. The van der Waals surface area contributed by atoms with Gasteiger partial charge in [-0.15, -0.1) is 0 Å². The molecule has 13 nitrogen and oxygen atoms in total. The fourth-order valence-electron chi connectivity index (χ4n) is 9.34. The fourth-order valence-corrected chi connectivity index (χ4v) is 9.34. The van der Waals surface area contributed by atoms with Crippen molar-refractivity contribution in [3.05, 3.63) is 77.4 Å². The number of ether oxygens (including phenoxy) is 7. The average molecular weight is 945 g/mol. The largest absolute Gasteiger partial charge is 0.492 e. The third-order valence-corrected chi connectivity index (χ3v) is 13.7. The monoisotopic (exact) mass is 945 g/mol. The van der Waals surface area contributed by atoms with Crippen molar-refractivity contribution in [2.24, 2.45) is 23.2 Å². The first-order valence-corrected chi connectivity index (χ1v) is 24.7. The number of carbonyl (C=O) groups excluding carboxylic acids is 6. The van der Waals surface area contributed by atoms with E-state index in [1.807, 2.05) is 19.1 Å². The molecule has 0 bridgehead atoms. The van der Waals surface area contributed by atoms with Crippen LogP contribution < -0.4 is 4.74 Å². The fraction of sp³-hybridized carbons (Fsp3) is 0.600. The lowest BCUT2D eigenvalue weighted by molar-refractivity contribution is -0.177. The van der Waals surface area contributed by atoms with Gasteiger partial charge < -0.3 is 33.2 Å². The lowest BCUT2D eigenvalue weighted by Crippen LogP contribution is -2.45. The highest BCUT2D eigenvalue weighted by atomic mass is 16.6. The zero-order valence-corrected chi connectivity index (χ0v) is 41.6. The Morgan fingerprint density at radius 1 is 0.574 bits per heavy atom. The minimum atomic E-state index is -1.67. The van der Waals surface area contributed by atoms with E-state index in [1.54, 1.807) is 6.92 Å². The molecule has 0 aromatic heterocycles. The molecule has 68 heavy (non-hydrogen) atoms. The Hall–Kier alpha value is -5.46. The molecule has 2 aromatic rings. The van der Waals surface area contributed by atoms with E-state index in [1.165, 1.54) is 102 Å². The molecule has 0 atom stereocenters. The van der Waals surface area contributed by atoms with Crippen LogP contribution >= 0.6 is 0 Å². The van der Waals surface area contributed by atoms with Gasteiger partial charge in [0.2, 0.25) is 0 Å². The highest BCUT2D eigenvalue weighted by molar-refractivity contribution is 6.30. The van der Waals surface area contributed by atoms with E-state index >= 15 is 0 Å². The van der Waals surface area contributed by atoms with Crippen molar-refractivity contribution in [1.82, 2.24) is 0 Å². The average Bonchev–Trinajstić information content (AvgIpc) is 3.36. The quantitative estimate of drug-likeness (QED) is 0.0304. The summed E-state index contributed by atoms with van der Waals surface area (Å²) in [6.07, 6.45) is 20.4. The smallest absolute Gasteiger partial charge is 0.417 e. The first kappa shape index (κ1) is 55.1. The maximum atomic E-state index is 12.7. The molecule has 0 radical (unpaired) electrons. The van der Waals surface area contributed by atoms with Gasteiger partial charge in [-0.3, -0.25) is 0 Å². The van der Waals surface area contributed by atoms with Crippen LogP contribution in [0.25, 0.3) is 11.1 Å². The molecule has 4 rings (SSSR count). The number of carbonyl (C=O) groups is 6. The SMILES string of the molecule is C=C(C)C(=O)OCCCc1cc(-c2ccc(C3CCC(CCC4CCC(CCCCC)CC4)CC3)cc2)c(CC)cc1OCC(COC(=O)C(=C)C)(COC(=O)C(=O)OC)COC(=O)C(=O)OC. The number of hydrogen-bond acceptors (Lipinski definition) is 13. The van der Waals surface area contributed by atoms with E-state index in [4.69, 9.17) is 23.7 Å². The molecular formula is C55H76O13. The Labute approximate surface area is 404 Å². The summed E-state index contributed by atoms with van der Waals surface area (Å²) in [6, 6.07) is 12.8. The van der Waals surface area contributed by atoms with Gasteiger partial charge in [0.05, 0.1) is 20.8 Å². The summed E-state index contributed by atoms with van der Waals surface area (Å²) in [5.41, 5.74) is 3.77. The van der Waals surface area contributed by atoms with Crippen LogP contribution in [-0.4, -0.2) is 83.1 Å². The van der Waals surface area contributed by atoms with Crippen LogP contribution in [0, 0.1) is 23.2 Å². The highest BCUT2D eigenvalue weighted by Crippen LogP contribution is 2.41. The number of methoxy groups -OCH3 is 2. The summed E-state index contributed by atoms with van der Waals surface area (Å²) in [5, 5.41) is 0. The van der Waals surface area contributed by atoms with E-state index in [9.17, 15) is 28.8 Å². The van der Waals surface area contributed by atoms with Gasteiger partial charge in [-0.05, 0) is 122 Å². The molecule has 2 aromatic carbocycles. The van der Waals surface area contributed by atoms with E-state index in [-0.39, 0.29) is 17.8 Å². The van der Waals surface area contributed by atoms with Crippen LogP contribution in [0.2, 0.25) is 0 Å². The van der Waals surface area contributed by atoms with Crippen LogP contribution in [0.15, 0.2) is 60.7 Å². The predicted octanol–water partition coefficient (Wildman–Crippen LogP) is 10.3. The van der Waals surface area contributed by atoms with Crippen molar-refractivity contribution in [3.8, 4) is 16.9 Å². The first-order valence-electron chi connectivity index (χ1n) is 24.7. The minimum absolute atomic E-state index is 0.0575. The second-order valence-corrected chi connectivity index (χ2v) is 19.1. The lowest BCUT2D eigenvalue weighted by Gasteiger charge is -2.32. The maximum absolute atomic E-state index is 12.7. The number of rotatable bonds is 25. The molecule has 0 spiro atoms. The molecule has 2 aliphatic carbocycles. The van der Waals surface area contributed by atoms with Gasteiger partial charge in [-0.25, -0.2) is 28.8 Å². The number of benzene rings is 2. The summed E-state index contributed by atoms with van der Waals surface area (Å²) in [7, 11) is 2.01. The molecule has 0 aliphatic heterocycles. The van der Waals surface area contributed by atoms with Crippen LogP contribution in [0.4, 0.5) is 0 Å². The van der Waals surface area contributed by atoms with Crippen molar-refractivity contribution in [2.75, 3.05) is 47.3 Å². The zero-order chi connectivity index (χ0) is 49.6. The number of esters is 6. The second kappa shape index (κ2) is 28.1. The molecule has 2 aliphatic rings. The summed E-state index contributed by atoms with van der Waals surface area (Å²) < 4.78 is 36.9. The van der Waals surface area contributed by atoms with Crippen molar-refractivity contribution < 1.29 is 61.9 Å². The third-order valence-electron chi connectivity index (χ3n) is 13.7. The first-order chi connectivity index (χ1) is 32.6. The van der Waals surface area contributed by atoms with Crippen molar-refractivity contribution >= 4 is 35.8 Å². The van der Waals surface area contributed by atoms with Gasteiger partial charge in [0.25, 0.3) is 0 Å². The minimum Gasteiger partial charge on any atom is -0.492 e. The molecule has 0 N–H and O–H groups in total. The van der Waals surface area contributed by atoms with Gasteiger partial charge >= 0.3 is 35.8 Å². The maximum Gasteiger partial charge on any atom is 0.417 e. The molecule has 374 valence electrons. The molecule has 2 fully saturated rings. The van der Waals surface area contributed by atoms with Crippen LogP contribution in [0.1, 0.15) is 147 Å². The molecule has 0 heterocycles. The Balaban J connectivity index is 1.55. The normalized spacial score (nSPS) is 18.1. The van der Waals surface area contributed by atoms with Gasteiger partial charge in [0.1, 0.15) is 37.6 Å². The molecule has 0 amide bonds. The van der Waals surface area contributed by atoms with Crippen LogP contribution in [0.5, 0.6) is 5.75 Å². The van der Waals surface area contributed by atoms with E-state index in [0.717, 1.165) is 54.2 Å². The summed E-state index contributed by atoms with van der Waals surface area (Å²) in [4.78, 5) is 74.0. The van der Waals surface area contributed by atoms with Crippen molar-refractivity contribution in [3.63, 3.8) is 0 Å². The summed E-state index contributed by atoms with van der Waals surface area (Å²) >= 11 is 0. The lowest BCUT2D eigenvalue weighted by atomic mass is 9.74. The van der Waals surface area contributed by atoms with Gasteiger partial charge in [-0.2, -0.15) is 0 Å². The van der Waals surface area contributed by atoms with Gasteiger partial charge in [-0.1, -0.05) is 115 Å². The van der Waals surface area contributed by atoms with Gasteiger partial charge in [0.15, 0.2) is 0 Å². The molecular weight excluding hydrogens is 869 g/mol. The molecule has 0 unspecified atom stereocenters. The van der Waals surface area contributed by atoms with Crippen LogP contribution in [-0.2, 0) is 70.0 Å². The number of aryl methyl sites for hydroxylation is 2. The Morgan fingerprint density at radius 2 is 1.07 bits per heavy atom. The molecule has 0 saturated heterocycles. The second-order valence-electron chi connectivity index (χ2n) is 19.1. The Kier molecular flexibility index (Phi) is 22.8. The van der Waals surface area contributed by atoms with Crippen molar-refractivity contribution in [2.45, 2.75) is 143 Å². The third kappa shape index (κ3) is 17.3. The zero-order valence-electron chi connectivity index (χ0n) is 41.6.